The van der Waals surface area contributed by atoms with Crippen LogP contribution in [-0.4, -0.2) is 53.4 Å². The summed E-state index contributed by atoms with van der Waals surface area (Å²) in [5.41, 5.74) is 0. The van der Waals surface area contributed by atoms with Crippen molar-refractivity contribution in [1.82, 2.24) is 20.4 Å². The summed E-state index contributed by atoms with van der Waals surface area (Å²) in [4.78, 5) is 6.83. The number of hydrogen-bond donors (Lipinski definition) is 1. The summed E-state index contributed by atoms with van der Waals surface area (Å²) in [6.45, 7) is 6.92. The highest BCUT2D eigenvalue weighted by molar-refractivity contribution is 4.88. The van der Waals surface area contributed by atoms with E-state index in [9.17, 15) is 0 Å². The number of aryl methyl sites for hydroxylation is 1. The summed E-state index contributed by atoms with van der Waals surface area (Å²) in [6, 6.07) is 0.553. The summed E-state index contributed by atoms with van der Waals surface area (Å²) >= 11 is 0. The maximum Gasteiger partial charge on any atom is 0.226 e. The molecule has 22 heavy (non-hydrogen) atoms. The SMILES string of the molecule is CCc1nc(CN2CCC[C@H](NC[C@H]3CCCCO3)C2)no1. The third-order valence-electron chi connectivity index (χ3n) is 4.59. The molecule has 0 radical (unpaired) electrons. The van der Waals surface area contributed by atoms with E-state index in [1.165, 1.54) is 32.1 Å². The molecule has 2 aliphatic rings. The number of piperidine rings is 1. The molecule has 3 heterocycles. The fraction of sp³-hybridized carbons (Fsp3) is 0.875. The quantitative estimate of drug-likeness (QED) is 0.864. The van der Waals surface area contributed by atoms with Crippen molar-refractivity contribution in [2.45, 2.75) is 64.1 Å². The lowest BCUT2D eigenvalue weighted by Gasteiger charge is -2.33. The minimum absolute atomic E-state index is 0.411. The van der Waals surface area contributed by atoms with Crippen LogP contribution in [0.4, 0.5) is 0 Å². The molecule has 2 atom stereocenters. The highest BCUT2D eigenvalue weighted by Crippen LogP contribution is 2.15. The predicted octanol–water partition coefficient (Wildman–Crippen LogP) is 1.76. The molecule has 0 spiro atoms. The molecule has 6 heteroatoms. The number of likely N-dealkylation sites (tertiary alicyclic amines) is 1. The van der Waals surface area contributed by atoms with E-state index in [-0.39, 0.29) is 0 Å². The molecular weight excluding hydrogens is 280 g/mol. The summed E-state index contributed by atoms with van der Waals surface area (Å²) in [7, 11) is 0. The standard InChI is InChI=1S/C16H28N4O2/c1-2-16-18-15(19-22-16)12-20-8-5-6-13(11-20)17-10-14-7-3-4-9-21-14/h13-14,17H,2-12H2,1H3/t13-,14+/m0/s1. The van der Waals surface area contributed by atoms with Gasteiger partial charge in [-0.3, -0.25) is 4.90 Å². The number of nitrogens with zero attached hydrogens (tertiary/aromatic N) is 3. The lowest BCUT2D eigenvalue weighted by Crippen LogP contribution is -2.47. The van der Waals surface area contributed by atoms with Crippen molar-refractivity contribution in [1.29, 1.82) is 0 Å². The number of rotatable bonds is 6. The van der Waals surface area contributed by atoms with E-state index in [1.54, 1.807) is 0 Å². The Balaban J connectivity index is 1.42. The summed E-state index contributed by atoms with van der Waals surface area (Å²) in [5, 5.41) is 7.75. The van der Waals surface area contributed by atoms with E-state index < -0.39 is 0 Å². The first-order valence-electron chi connectivity index (χ1n) is 8.72. The lowest BCUT2D eigenvalue weighted by atomic mass is 10.0. The van der Waals surface area contributed by atoms with Crippen molar-refractivity contribution < 1.29 is 9.26 Å². The molecule has 0 unspecified atom stereocenters. The van der Waals surface area contributed by atoms with Gasteiger partial charge in [0.25, 0.3) is 0 Å². The van der Waals surface area contributed by atoms with E-state index in [0.717, 1.165) is 50.9 Å². The zero-order valence-corrected chi connectivity index (χ0v) is 13.6. The summed E-state index contributed by atoms with van der Waals surface area (Å²) in [6.07, 6.45) is 7.41. The van der Waals surface area contributed by atoms with E-state index in [4.69, 9.17) is 9.26 Å². The van der Waals surface area contributed by atoms with Gasteiger partial charge in [-0.05, 0) is 38.6 Å². The van der Waals surface area contributed by atoms with Gasteiger partial charge < -0.3 is 14.6 Å². The maximum atomic E-state index is 5.80. The Kier molecular flexibility index (Phi) is 5.81. The summed E-state index contributed by atoms with van der Waals surface area (Å²) < 4.78 is 11.0. The Morgan fingerprint density at radius 3 is 3.00 bits per heavy atom. The van der Waals surface area contributed by atoms with Crippen molar-refractivity contribution in [3.05, 3.63) is 11.7 Å². The topological polar surface area (TPSA) is 63.4 Å². The van der Waals surface area contributed by atoms with E-state index in [2.05, 4.69) is 20.4 Å². The normalized spacial score (nSPS) is 27.1. The van der Waals surface area contributed by atoms with Crippen LogP contribution in [0.2, 0.25) is 0 Å². The molecule has 1 aromatic rings. The first kappa shape index (κ1) is 15.9. The number of hydrogen-bond acceptors (Lipinski definition) is 6. The minimum atomic E-state index is 0.411. The van der Waals surface area contributed by atoms with Gasteiger partial charge in [0.2, 0.25) is 5.89 Å². The fourth-order valence-corrected chi connectivity index (χ4v) is 3.33. The molecule has 2 saturated heterocycles. The van der Waals surface area contributed by atoms with E-state index in [0.29, 0.717) is 12.1 Å². The molecule has 1 aromatic heterocycles. The Morgan fingerprint density at radius 2 is 2.23 bits per heavy atom. The molecule has 2 aliphatic heterocycles. The van der Waals surface area contributed by atoms with Crippen LogP contribution < -0.4 is 5.32 Å². The second-order valence-electron chi connectivity index (χ2n) is 6.43. The van der Waals surface area contributed by atoms with Crippen LogP contribution in [0.3, 0.4) is 0 Å². The third kappa shape index (κ3) is 4.51. The van der Waals surface area contributed by atoms with Crippen LogP contribution in [0, 0.1) is 0 Å². The van der Waals surface area contributed by atoms with Gasteiger partial charge in [0, 0.05) is 32.2 Å². The van der Waals surface area contributed by atoms with E-state index >= 15 is 0 Å². The van der Waals surface area contributed by atoms with Gasteiger partial charge in [-0.2, -0.15) is 4.98 Å². The molecule has 0 aliphatic carbocycles. The summed E-state index contributed by atoms with van der Waals surface area (Å²) in [5.74, 6) is 1.55. The van der Waals surface area contributed by atoms with Gasteiger partial charge in [-0.15, -0.1) is 0 Å². The fourth-order valence-electron chi connectivity index (χ4n) is 3.33. The largest absolute Gasteiger partial charge is 0.377 e. The molecule has 124 valence electrons. The molecule has 3 rings (SSSR count). The highest BCUT2D eigenvalue weighted by Gasteiger charge is 2.22. The van der Waals surface area contributed by atoms with Crippen LogP contribution in [-0.2, 0) is 17.7 Å². The van der Waals surface area contributed by atoms with Crippen molar-refractivity contribution in [3.8, 4) is 0 Å². The van der Waals surface area contributed by atoms with Crippen molar-refractivity contribution >= 4 is 0 Å². The lowest BCUT2D eigenvalue weighted by molar-refractivity contribution is 0.0134. The molecule has 2 fully saturated rings. The second-order valence-corrected chi connectivity index (χ2v) is 6.43. The molecule has 1 N–H and O–H groups in total. The van der Waals surface area contributed by atoms with Crippen molar-refractivity contribution in [2.24, 2.45) is 0 Å². The third-order valence-corrected chi connectivity index (χ3v) is 4.59. The Labute approximate surface area is 132 Å². The van der Waals surface area contributed by atoms with Gasteiger partial charge in [-0.25, -0.2) is 0 Å². The molecular formula is C16H28N4O2. The Bertz CT molecular complexity index is 445. The molecule has 6 nitrogen and oxygen atoms in total. The van der Waals surface area contributed by atoms with Crippen LogP contribution >= 0.6 is 0 Å². The Morgan fingerprint density at radius 1 is 1.27 bits per heavy atom. The average molecular weight is 308 g/mol. The zero-order valence-electron chi connectivity index (χ0n) is 13.6. The number of aromatic nitrogens is 2. The van der Waals surface area contributed by atoms with E-state index in [1.807, 2.05) is 6.92 Å². The van der Waals surface area contributed by atoms with Crippen LogP contribution in [0.25, 0.3) is 0 Å². The minimum Gasteiger partial charge on any atom is -0.377 e. The van der Waals surface area contributed by atoms with Crippen molar-refractivity contribution in [3.63, 3.8) is 0 Å². The smallest absolute Gasteiger partial charge is 0.226 e. The van der Waals surface area contributed by atoms with Crippen LogP contribution in [0.1, 0.15) is 50.7 Å². The predicted molar refractivity (Wildman–Crippen MR) is 83.6 cm³/mol. The highest BCUT2D eigenvalue weighted by atomic mass is 16.5. The second kappa shape index (κ2) is 8.04. The maximum absolute atomic E-state index is 5.80. The van der Waals surface area contributed by atoms with Gasteiger partial charge in [0.1, 0.15) is 0 Å². The molecule has 0 amide bonds. The van der Waals surface area contributed by atoms with Crippen LogP contribution in [0.5, 0.6) is 0 Å². The van der Waals surface area contributed by atoms with Gasteiger partial charge in [0.15, 0.2) is 5.82 Å². The molecule has 0 aromatic carbocycles. The van der Waals surface area contributed by atoms with Gasteiger partial charge in [-0.1, -0.05) is 12.1 Å². The number of nitrogens with one attached hydrogen (secondary N) is 1. The number of ether oxygens (including phenoxy) is 1. The zero-order chi connectivity index (χ0) is 15.2. The van der Waals surface area contributed by atoms with Gasteiger partial charge in [0.05, 0.1) is 12.6 Å². The van der Waals surface area contributed by atoms with Crippen LogP contribution in [0.15, 0.2) is 4.52 Å². The monoisotopic (exact) mass is 308 g/mol. The van der Waals surface area contributed by atoms with Crippen molar-refractivity contribution in [2.75, 3.05) is 26.2 Å². The Hall–Kier alpha value is -0.980. The first-order chi connectivity index (χ1) is 10.8. The first-order valence-corrected chi connectivity index (χ1v) is 8.72. The molecule has 0 bridgehead atoms. The average Bonchev–Trinajstić information content (AvgIpc) is 3.02. The van der Waals surface area contributed by atoms with Gasteiger partial charge >= 0.3 is 0 Å². The molecule has 0 saturated carbocycles.